The minimum absolute atomic E-state index is 0.308. The molecule has 38 heavy (non-hydrogen) atoms. The topological polar surface area (TPSA) is 3.24 Å². The highest BCUT2D eigenvalue weighted by atomic mass is 19.1. The highest BCUT2D eigenvalue weighted by molar-refractivity contribution is 5.97. The maximum atomic E-state index is 16.4. The van der Waals surface area contributed by atoms with E-state index in [0.717, 1.165) is 27.8 Å². The molecule has 0 aliphatic carbocycles. The first-order valence-corrected chi connectivity index (χ1v) is 12.6. The molecular formula is C35H25F2N. The van der Waals surface area contributed by atoms with Crippen molar-refractivity contribution >= 4 is 22.1 Å². The summed E-state index contributed by atoms with van der Waals surface area (Å²) in [4.78, 5) is 1.56. The molecule has 3 heteroatoms. The van der Waals surface area contributed by atoms with Gasteiger partial charge in [-0.05, 0) is 56.8 Å². The van der Waals surface area contributed by atoms with E-state index in [0.29, 0.717) is 16.9 Å². The van der Waals surface area contributed by atoms with E-state index in [4.69, 9.17) is 0 Å². The first-order valence-electron chi connectivity index (χ1n) is 12.6. The normalized spacial score (nSPS) is 11.0. The zero-order valence-electron chi connectivity index (χ0n) is 20.9. The van der Waals surface area contributed by atoms with Crippen LogP contribution in [-0.4, -0.2) is 7.05 Å². The van der Waals surface area contributed by atoms with Gasteiger partial charge in [-0.25, -0.2) is 8.78 Å². The molecule has 0 heterocycles. The van der Waals surface area contributed by atoms with Gasteiger partial charge in [0.05, 0.1) is 11.4 Å². The predicted octanol–water partition coefficient (Wildman–Crippen LogP) is 9.89. The lowest BCUT2D eigenvalue weighted by Crippen LogP contribution is -2.13. The van der Waals surface area contributed by atoms with E-state index in [1.165, 1.54) is 16.8 Å². The first-order chi connectivity index (χ1) is 18.6. The fourth-order valence-corrected chi connectivity index (χ4v) is 5.11. The second-order valence-corrected chi connectivity index (χ2v) is 9.30. The highest BCUT2D eigenvalue weighted by Gasteiger charge is 2.21. The minimum atomic E-state index is -0.400. The summed E-state index contributed by atoms with van der Waals surface area (Å²) < 4.78 is 31.0. The lowest BCUT2D eigenvalue weighted by atomic mass is 9.91. The molecule has 0 fully saturated rings. The second kappa shape index (κ2) is 9.95. The Kier molecular flexibility index (Phi) is 6.19. The molecule has 0 saturated heterocycles. The number of halogens is 2. The number of hydrogen-bond donors (Lipinski definition) is 0. The van der Waals surface area contributed by atoms with Crippen molar-refractivity contribution in [3.8, 4) is 33.4 Å². The van der Waals surface area contributed by atoms with E-state index in [-0.39, 0.29) is 0 Å². The van der Waals surface area contributed by atoms with E-state index < -0.39 is 11.6 Å². The monoisotopic (exact) mass is 497 g/mol. The van der Waals surface area contributed by atoms with Crippen molar-refractivity contribution in [2.75, 3.05) is 11.9 Å². The van der Waals surface area contributed by atoms with E-state index in [2.05, 4.69) is 30.3 Å². The van der Waals surface area contributed by atoms with Crippen LogP contribution in [0, 0.1) is 11.6 Å². The third-order valence-electron chi connectivity index (χ3n) is 7.06. The molecule has 0 bridgehead atoms. The molecule has 184 valence electrons. The van der Waals surface area contributed by atoms with Crippen molar-refractivity contribution < 1.29 is 8.78 Å². The third kappa shape index (κ3) is 4.22. The maximum Gasteiger partial charge on any atom is 0.155 e. The number of hydrogen-bond acceptors (Lipinski definition) is 1. The Morgan fingerprint density at radius 3 is 1.89 bits per heavy atom. The van der Waals surface area contributed by atoms with Gasteiger partial charge in [0.25, 0.3) is 0 Å². The molecule has 6 aromatic rings. The van der Waals surface area contributed by atoms with Crippen LogP contribution >= 0.6 is 0 Å². The smallest absolute Gasteiger partial charge is 0.155 e. The van der Waals surface area contributed by atoms with E-state index in [9.17, 15) is 4.39 Å². The van der Waals surface area contributed by atoms with Crippen LogP contribution in [0.5, 0.6) is 0 Å². The number of anilines is 2. The molecule has 0 aliphatic rings. The summed E-state index contributed by atoms with van der Waals surface area (Å²) in [6.07, 6.45) is 0. The van der Waals surface area contributed by atoms with Gasteiger partial charge in [0.15, 0.2) is 5.82 Å². The summed E-state index contributed by atoms with van der Waals surface area (Å²) in [6, 6.07) is 42.4. The zero-order chi connectivity index (χ0) is 26.1. The van der Waals surface area contributed by atoms with Crippen molar-refractivity contribution in [3.05, 3.63) is 145 Å². The van der Waals surface area contributed by atoms with Crippen molar-refractivity contribution in [3.63, 3.8) is 0 Å². The van der Waals surface area contributed by atoms with Crippen molar-refractivity contribution in [2.24, 2.45) is 0 Å². The number of rotatable bonds is 5. The SMILES string of the molecule is CN(c1ccccc1F)c1ccc(-c2ccccc2)c(-c2ccc(-c3cccc4ccccc34)cc2)c1F. The zero-order valence-corrected chi connectivity index (χ0v) is 20.9. The van der Waals surface area contributed by atoms with Gasteiger partial charge < -0.3 is 4.90 Å². The van der Waals surface area contributed by atoms with Crippen LogP contribution in [0.25, 0.3) is 44.2 Å². The van der Waals surface area contributed by atoms with Gasteiger partial charge in [0, 0.05) is 12.6 Å². The van der Waals surface area contributed by atoms with Crippen LogP contribution in [0.15, 0.2) is 133 Å². The Labute approximate surface area is 221 Å². The molecule has 0 atom stereocenters. The molecule has 0 spiro atoms. The summed E-state index contributed by atoms with van der Waals surface area (Å²) in [5.41, 5.74) is 5.76. The van der Waals surface area contributed by atoms with Crippen molar-refractivity contribution in [1.82, 2.24) is 0 Å². The van der Waals surface area contributed by atoms with Crippen LogP contribution in [0.2, 0.25) is 0 Å². The van der Waals surface area contributed by atoms with Gasteiger partial charge in [-0.2, -0.15) is 0 Å². The van der Waals surface area contributed by atoms with E-state index in [1.807, 2.05) is 72.8 Å². The van der Waals surface area contributed by atoms with Gasteiger partial charge in [0.2, 0.25) is 0 Å². The van der Waals surface area contributed by atoms with E-state index >= 15 is 4.39 Å². The lowest BCUT2D eigenvalue weighted by molar-refractivity contribution is 0.619. The molecule has 0 N–H and O–H groups in total. The van der Waals surface area contributed by atoms with Crippen LogP contribution in [0.3, 0.4) is 0 Å². The van der Waals surface area contributed by atoms with Crippen LogP contribution in [0.1, 0.15) is 0 Å². The summed E-state index contributed by atoms with van der Waals surface area (Å²) >= 11 is 0. The Morgan fingerprint density at radius 2 is 1.11 bits per heavy atom. The molecule has 0 unspecified atom stereocenters. The fourth-order valence-electron chi connectivity index (χ4n) is 5.11. The lowest BCUT2D eigenvalue weighted by Gasteiger charge is -2.23. The molecule has 6 rings (SSSR count). The van der Waals surface area contributed by atoms with E-state index in [1.54, 1.807) is 36.2 Å². The first kappa shape index (κ1) is 23.6. The summed E-state index contributed by atoms with van der Waals surface area (Å²) in [7, 11) is 1.69. The van der Waals surface area contributed by atoms with Crippen LogP contribution < -0.4 is 4.90 Å². The van der Waals surface area contributed by atoms with Gasteiger partial charge in [-0.15, -0.1) is 0 Å². The molecule has 0 aliphatic heterocycles. The summed E-state index contributed by atoms with van der Waals surface area (Å²) in [6.45, 7) is 0. The largest absolute Gasteiger partial charge is 0.340 e. The maximum absolute atomic E-state index is 16.4. The highest BCUT2D eigenvalue weighted by Crippen LogP contribution is 2.41. The average Bonchev–Trinajstić information content (AvgIpc) is 2.97. The van der Waals surface area contributed by atoms with Crippen molar-refractivity contribution in [1.29, 1.82) is 0 Å². The fraction of sp³-hybridized carbons (Fsp3) is 0.0286. The number of benzene rings is 6. The number of fused-ring (bicyclic) bond motifs is 1. The molecular weight excluding hydrogens is 472 g/mol. The van der Waals surface area contributed by atoms with Gasteiger partial charge in [0.1, 0.15) is 5.82 Å². The molecule has 0 amide bonds. The Balaban J connectivity index is 1.50. The van der Waals surface area contributed by atoms with Crippen LogP contribution in [-0.2, 0) is 0 Å². The molecule has 0 saturated carbocycles. The summed E-state index contributed by atoms with van der Waals surface area (Å²) in [5.74, 6) is -0.794. The predicted molar refractivity (Wildman–Crippen MR) is 155 cm³/mol. The molecule has 1 nitrogen and oxygen atoms in total. The standard InChI is InChI=1S/C35H25F2N/c1-38(32-17-8-7-16-31(32)36)33-23-22-30(25-10-3-2-4-11-25)34(35(33)37)27-20-18-26(19-21-27)29-15-9-13-24-12-5-6-14-28(24)29/h2-23H,1H3. The average molecular weight is 498 g/mol. The second-order valence-electron chi connectivity index (χ2n) is 9.30. The van der Waals surface area contributed by atoms with Gasteiger partial charge >= 0.3 is 0 Å². The molecule has 0 aromatic heterocycles. The van der Waals surface area contributed by atoms with Gasteiger partial charge in [-0.3, -0.25) is 0 Å². The Bertz CT molecular complexity index is 1740. The van der Waals surface area contributed by atoms with Gasteiger partial charge in [-0.1, -0.05) is 115 Å². The molecule has 0 radical (unpaired) electrons. The summed E-state index contributed by atoms with van der Waals surface area (Å²) in [5, 5.41) is 2.35. The minimum Gasteiger partial charge on any atom is -0.340 e. The van der Waals surface area contributed by atoms with Crippen LogP contribution in [0.4, 0.5) is 20.2 Å². The quantitative estimate of drug-likeness (QED) is 0.229. The Hall–Kier alpha value is -4.76. The molecule has 6 aromatic carbocycles. The Morgan fingerprint density at radius 1 is 0.474 bits per heavy atom. The number of nitrogens with zero attached hydrogens (tertiary/aromatic N) is 1. The third-order valence-corrected chi connectivity index (χ3v) is 7.06. The number of para-hydroxylation sites is 1. The van der Waals surface area contributed by atoms with Crippen molar-refractivity contribution in [2.45, 2.75) is 0 Å².